The lowest BCUT2D eigenvalue weighted by Gasteiger charge is -2.22. The molecule has 1 aromatic carbocycles. The predicted molar refractivity (Wildman–Crippen MR) is 88.1 cm³/mol. The van der Waals surface area contributed by atoms with Crippen molar-refractivity contribution in [2.75, 3.05) is 24.2 Å². The molecule has 0 heterocycles. The van der Waals surface area contributed by atoms with Gasteiger partial charge < -0.3 is 4.90 Å². The van der Waals surface area contributed by atoms with Crippen molar-refractivity contribution in [2.24, 2.45) is 0 Å². The molecule has 23 heavy (non-hydrogen) atoms. The van der Waals surface area contributed by atoms with Gasteiger partial charge in [0.05, 0.1) is 18.8 Å². The topological polar surface area (TPSA) is 108 Å². The zero-order chi connectivity index (χ0) is 17.5. The maximum absolute atomic E-state index is 11.9. The molecule has 8 nitrogen and oxygen atoms in total. The fourth-order valence-electron chi connectivity index (χ4n) is 1.85. The monoisotopic (exact) mass is 342 g/mol. The van der Waals surface area contributed by atoms with Gasteiger partial charge in [-0.1, -0.05) is 18.2 Å². The number of carbonyl (C=O) groups excluding carboxylic acids is 2. The number of nitrogens with one attached hydrogen (secondary N) is 3. The van der Waals surface area contributed by atoms with E-state index < -0.39 is 27.9 Å². The molecule has 0 radical (unpaired) electrons. The van der Waals surface area contributed by atoms with Crippen LogP contribution in [-0.4, -0.2) is 45.6 Å². The van der Waals surface area contributed by atoms with E-state index in [1.807, 2.05) is 42.2 Å². The van der Waals surface area contributed by atoms with E-state index >= 15 is 0 Å². The highest BCUT2D eigenvalue weighted by Crippen LogP contribution is 2.11. The first kappa shape index (κ1) is 18.9. The molecular formula is C14H22N4O4S. The number of rotatable bonds is 7. The van der Waals surface area contributed by atoms with Crippen LogP contribution in [0.25, 0.3) is 0 Å². The fourth-order valence-corrected chi connectivity index (χ4v) is 2.60. The zero-order valence-corrected chi connectivity index (χ0v) is 14.2. The summed E-state index contributed by atoms with van der Waals surface area (Å²) < 4.78 is 24.2. The number of hydrazine groups is 1. The number of anilines is 1. The molecule has 0 aliphatic heterocycles. The summed E-state index contributed by atoms with van der Waals surface area (Å²) in [4.78, 5) is 25.4. The Morgan fingerprint density at radius 3 is 2.30 bits per heavy atom. The van der Waals surface area contributed by atoms with Crippen LogP contribution in [0.2, 0.25) is 0 Å². The minimum atomic E-state index is -3.50. The second kappa shape index (κ2) is 8.49. The summed E-state index contributed by atoms with van der Waals surface area (Å²) >= 11 is 0. The third kappa shape index (κ3) is 7.11. The number of carbonyl (C=O) groups is 2. The molecule has 0 spiro atoms. The second-order valence-electron chi connectivity index (χ2n) is 5.00. The molecule has 2 amide bonds. The standard InChI is InChI=1S/C14H22N4O4S/c1-4-18(12-8-6-5-7-9-12)10-13(19)15-16-14(20)11(2)17-23(3,21)22/h5-9,11,17H,4,10H2,1-3H3,(H,15,19)(H,16,20)/t11-/m1/s1. The summed E-state index contributed by atoms with van der Waals surface area (Å²) in [6.45, 7) is 3.98. The van der Waals surface area contributed by atoms with Crippen LogP contribution in [0.1, 0.15) is 13.8 Å². The lowest BCUT2D eigenvalue weighted by atomic mass is 10.3. The van der Waals surface area contributed by atoms with Gasteiger partial charge in [0.25, 0.3) is 11.8 Å². The quantitative estimate of drug-likeness (QED) is 0.584. The highest BCUT2D eigenvalue weighted by molar-refractivity contribution is 7.88. The lowest BCUT2D eigenvalue weighted by Crippen LogP contribution is -2.52. The van der Waals surface area contributed by atoms with Gasteiger partial charge in [-0.15, -0.1) is 0 Å². The molecule has 0 saturated heterocycles. The third-order valence-electron chi connectivity index (χ3n) is 2.95. The largest absolute Gasteiger partial charge is 0.362 e. The summed E-state index contributed by atoms with van der Waals surface area (Å²) in [7, 11) is -3.50. The summed E-state index contributed by atoms with van der Waals surface area (Å²) in [5.74, 6) is -1.05. The first-order chi connectivity index (χ1) is 10.7. The van der Waals surface area contributed by atoms with Gasteiger partial charge in [-0.05, 0) is 26.0 Å². The Kier molecular flexibility index (Phi) is 6.98. The number of amides is 2. The lowest BCUT2D eigenvalue weighted by molar-refractivity contribution is -0.128. The van der Waals surface area contributed by atoms with Gasteiger partial charge in [-0.2, -0.15) is 0 Å². The van der Waals surface area contributed by atoms with Gasteiger partial charge in [-0.3, -0.25) is 20.4 Å². The Hall–Kier alpha value is -2.13. The van der Waals surface area contributed by atoms with Gasteiger partial charge >= 0.3 is 0 Å². The highest BCUT2D eigenvalue weighted by Gasteiger charge is 2.17. The van der Waals surface area contributed by atoms with Crippen molar-refractivity contribution in [1.29, 1.82) is 0 Å². The Morgan fingerprint density at radius 1 is 1.17 bits per heavy atom. The molecule has 9 heteroatoms. The Balaban J connectivity index is 2.48. The molecule has 0 aliphatic rings. The Morgan fingerprint density at radius 2 is 1.78 bits per heavy atom. The van der Waals surface area contributed by atoms with Crippen molar-refractivity contribution in [3.63, 3.8) is 0 Å². The molecule has 0 saturated carbocycles. The summed E-state index contributed by atoms with van der Waals surface area (Å²) in [6.07, 6.45) is 0.953. The Bertz CT molecular complexity index is 633. The average molecular weight is 342 g/mol. The minimum absolute atomic E-state index is 0.0642. The fraction of sp³-hybridized carbons (Fsp3) is 0.429. The van der Waals surface area contributed by atoms with Gasteiger partial charge in [-0.25, -0.2) is 13.1 Å². The molecule has 0 aliphatic carbocycles. The van der Waals surface area contributed by atoms with E-state index in [-0.39, 0.29) is 6.54 Å². The van der Waals surface area contributed by atoms with E-state index in [0.29, 0.717) is 6.54 Å². The number of hydrogen-bond donors (Lipinski definition) is 3. The minimum Gasteiger partial charge on any atom is -0.362 e. The van der Waals surface area contributed by atoms with Gasteiger partial charge in [0, 0.05) is 12.2 Å². The highest BCUT2D eigenvalue weighted by atomic mass is 32.2. The van der Waals surface area contributed by atoms with Crippen molar-refractivity contribution in [3.8, 4) is 0 Å². The predicted octanol–water partition coefficient (Wildman–Crippen LogP) is -0.402. The number of sulfonamides is 1. The maximum Gasteiger partial charge on any atom is 0.257 e. The molecule has 128 valence electrons. The van der Waals surface area contributed by atoms with Crippen LogP contribution in [0, 0.1) is 0 Å². The van der Waals surface area contributed by atoms with Gasteiger partial charge in [0.2, 0.25) is 10.0 Å². The zero-order valence-electron chi connectivity index (χ0n) is 13.4. The van der Waals surface area contributed by atoms with E-state index in [4.69, 9.17) is 0 Å². The van der Waals surface area contributed by atoms with E-state index in [9.17, 15) is 18.0 Å². The SMILES string of the molecule is CCN(CC(=O)NNC(=O)[C@@H](C)NS(C)(=O)=O)c1ccccc1. The smallest absolute Gasteiger partial charge is 0.257 e. The summed E-state index contributed by atoms with van der Waals surface area (Å²) in [5, 5.41) is 0. The molecule has 1 atom stereocenters. The summed E-state index contributed by atoms with van der Waals surface area (Å²) in [5.41, 5.74) is 5.35. The van der Waals surface area contributed by atoms with E-state index in [1.54, 1.807) is 0 Å². The summed E-state index contributed by atoms with van der Waals surface area (Å²) in [6, 6.07) is 8.41. The van der Waals surface area contributed by atoms with Crippen molar-refractivity contribution >= 4 is 27.5 Å². The van der Waals surface area contributed by atoms with Crippen LogP contribution in [0.3, 0.4) is 0 Å². The third-order valence-corrected chi connectivity index (χ3v) is 3.73. The van der Waals surface area contributed by atoms with Gasteiger partial charge in [0.15, 0.2) is 0 Å². The normalized spacial score (nSPS) is 12.3. The van der Waals surface area contributed by atoms with Gasteiger partial charge in [0.1, 0.15) is 0 Å². The number of likely N-dealkylation sites (N-methyl/N-ethyl adjacent to an activating group) is 1. The number of para-hydroxylation sites is 1. The van der Waals surface area contributed by atoms with Crippen molar-refractivity contribution < 1.29 is 18.0 Å². The van der Waals surface area contributed by atoms with Crippen molar-refractivity contribution in [2.45, 2.75) is 19.9 Å². The maximum atomic E-state index is 11.9. The van der Waals surface area contributed by atoms with Crippen LogP contribution >= 0.6 is 0 Å². The van der Waals surface area contributed by atoms with E-state index in [2.05, 4.69) is 15.6 Å². The van der Waals surface area contributed by atoms with Crippen LogP contribution < -0.4 is 20.5 Å². The molecular weight excluding hydrogens is 320 g/mol. The Labute approximate surface area is 136 Å². The molecule has 3 N–H and O–H groups in total. The molecule has 0 unspecified atom stereocenters. The van der Waals surface area contributed by atoms with E-state index in [1.165, 1.54) is 6.92 Å². The average Bonchev–Trinajstić information content (AvgIpc) is 2.49. The second-order valence-corrected chi connectivity index (χ2v) is 6.78. The molecule has 0 bridgehead atoms. The van der Waals surface area contributed by atoms with Crippen LogP contribution in [0.4, 0.5) is 5.69 Å². The van der Waals surface area contributed by atoms with Crippen molar-refractivity contribution in [3.05, 3.63) is 30.3 Å². The van der Waals surface area contributed by atoms with Crippen LogP contribution in [0.15, 0.2) is 30.3 Å². The van der Waals surface area contributed by atoms with E-state index in [0.717, 1.165) is 11.9 Å². The molecule has 1 rings (SSSR count). The van der Waals surface area contributed by atoms with Crippen LogP contribution in [0.5, 0.6) is 0 Å². The first-order valence-electron chi connectivity index (χ1n) is 7.09. The van der Waals surface area contributed by atoms with Crippen molar-refractivity contribution in [1.82, 2.24) is 15.6 Å². The number of hydrogen-bond acceptors (Lipinski definition) is 5. The number of nitrogens with zero attached hydrogens (tertiary/aromatic N) is 1. The molecule has 1 aromatic rings. The molecule has 0 fully saturated rings. The number of benzene rings is 1. The van der Waals surface area contributed by atoms with Crippen LogP contribution in [-0.2, 0) is 19.6 Å². The molecule has 0 aromatic heterocycles. The first-order valence-corrected chi connectivity index (χ1v) is 8.98.